The standard InChI is InChI=1S/C13H21NO4/c1-10(18-12(15)14-6-7-14)16-8-13-4-2-11(3-5-13)17-9-13/h10-11H,2-9H2,1H3. The highest BCUT2D eigenvalue weighted by molar-refractivity contribution is 5.70. The molecule has 4 aliphatic rings. The van der Waals surface area contributed by atoms with Crippen molar-refractivity contribution in [3.05, 3.63) is 0 Å². The Morgan fingerprint density at radius 2 is 2.17 bits per heavy atom. The third-order valence-electron chi connectivity index (χ3n) is 4.21. The predicted molar refractivity (Wildman–Crippen MR) is 64.1 cm³/mol. The van der Waals surface area contributed by atoms with Crippen LogP contribution in [0.3, 0.4) is 0 Å². The molecule has 18 heavy (non-hydrogen) atoms. The summed E-state index contributed by atoms with van der Waals surface area (Å²) in [6.07, 6.45) is 4.38. The van der Waals surface area contributed by atoms with Gasteiger partial charge in [-0.1, -0.05) is 0 Å². The molecule has 3 heterocycles. The largest absolute Gasteiger partial charge is 0.420 e. The van der Waals surface area contributed by atoms with Crippen LogP contribution in [0, 0.1) is 5.41 Å². The zero-order valence-electron chi connectivity index (χ0n) is 10.9. The van der Waals surface area contributed by atoms with Crippen LogP contribution in [-0.2, 0) is 14.2 Å². The Balaban J connectivity index is 1.43. The predicted octanol–water partition coefficient (Wildman–Crippen LogP) is 1.76. The van der Waals surface area contributed by atoms with Gasteiger partial charge in [0.1, 0.15) is 0 Å². The first-order valence-corrected chi connectivity index (χ1v) is 6.86. The molecule has 4 rings (SSSR count). The lowest BCUT2D eigenvalue weighted by Gasteiger charge is -2.46. The number of hydrogen-bond donors (Lipinski definition) is 0. The molecule has 1 saturated carbocycles. The Morgan fingerprint density at radius 3 is 2.72 bits per heavy atom. The second kappa shape index (κ2) is 4.70. The van der Waals surface area contributed by atoms with E-state index in [-0.39, 0.29) is 11.5 Å². The molecule has 5 nitrogen and oxygen atoms in total. The Bertz CT molecular complexity index is 307. The molecule has 1 unspecified atom stereocenters. The molecule has 4 fully saturated rings. The molecular formula is C13H21NO4. The average molecular weight is 255 g/mol. The van der Waals surface area contributed by atoms with Gasteiger partial charge < -0.3 is 19.1 Å². The summed E-state index contributed by atoms with van der Waals surface area (Å²) < 4.78 is 16.6. The summed E-state index contributed by atoms with van der Waals surface area (Å²) in [5, 5.41) is 0. The SMILES string of the molecule is CC(OCC12CCC(CC1)OC2)OC(=O)N1CC1. The Morgan fingerprint density at radius 1 is 1.44 bits per heavy atom. The highest BCUT2D eigenvalue weighted by Crippen LogP contribution is 2.43. The minimum absolute atomic E-state index is 0.162. The minimum atomic E-state index is -0.466. The van der Waals surface area contributed by atoms with Crippen molar-refractivity contribution in [2.45, 2.75) is 45.0 Å². The van der Waals surface area contributed by atoms with Gasteiger partial charge in [-0.3, -0.25) is 0 Å². The van der Waals surface area contributed by atoms with E-state index in [1.807, 2.05) is 0 Å². The van der Waals surface area contributed by atoms with Gasteiger partial charge in [0.25, 0.3) is 0 Å². The zero-order chi connectivity index (χ0) is 12.6. The fourth-order valence-corrected chi connectivity index (χ4v) is 2.77. The average Bonchev–Trinajstić information content (AvgIpc) is 3.23. The van der Waals surface area contributed by atoms with Crippen molar-refractivity contribution in [3.8, 4) is 0 Å². The van der Waals surface area contributed by atoms with E-state index >= 15 is 0 Å². The van der Waals surface area contributed by atoms with E-state index in [0.717, 1.165) is 32.5 Å². The summed E-state index contributed by atoms with van der Waals surface area (Å²) in [7, 11) is 0. The number of fused-ring (bicyclic) bond motifs is 3. The monoisotopic (exact) mass is 255 g/mol. The Hall–Kier alpha value is -0.810. The van der Waals surface area contributed by atoms with Crippen molar-refractivity contribution < 1.29 is 19.0 Å². The van der Waals surface area contributed by atoms with Crippen LogP contribution in [0.2, 0.25) is 0 Å². The van der Waals surface area contributed by atoms with Gasteiger partial charge in [-0.25, -0.2) is 4.79 Å². The molecule has 0 radical (unpaired) electrons. The normalized spacial score (nSPS) is 35.4. The maximum atomic E-state index is 11.4. The summed E-state index contributed by atoms with van der Waals surface area (Å²) in [6, 6.07) is 0. The highest BCUT2D eigenvalue weighted by atomic mass is 16.7. The molecule has 102 valence electrons. The molecule has 0 aromatic heterocycles. The minimum Gasteiger partial charge on any atom is -0.420 e. The Kier molecular flexibility index (Phi) is 3.20. The smallest absolute Gasteiger partial charge is 0.412 e. The van der Waals surface area contributed by atoms with Crippen LogP contribution in [0.4, 0.5) is 4.79 Å². The van der Waals surface area contributed by atoms with E-state index in [4.69, 9.17) is 14.2 Å². The Labute approximate surface area is 107 Å². The number of nitrogens with zero attached hydrogens (tertiary/aromatic N) is 1. The van der Waals surface area contributed by atoms with E-state index < -0.39 is 6.29 Å². The molecule has 0 spiro atoms. The quantitative estimate of drug-likeness (QED) is 0.567. The van der Waals surface area contributed by atoms with E-state index in [9.17, 15) is 4.79 Å². The summed E-state index contributed by atoms with van der Waals surface area (Å²) >= 11 is 0. The number of carbonyl (C=O) groups excluding carboxylic acids is 1. The van der Waals surface area contributed by atoms with Crippen molar-refractivity contribution in [2.75, 3.05) is 26.3 Å². The lowest BCUT2D eigenvalue weighted by atomic mass is 9.72. The van der Waals surface area contributed by atoms with Gasteiger partial charge in [0, 0.05) is 18.5 Å². The molecule has 3 saturated heterocycles. The summed E-state index contributed by atoms with van der Waals surface area (Å²) in [5.41, 5.74) is 0.162. The first kappa shape index (κ1) is 12.2. The van der Waals surface area contributed by atoms with Gasteiger partial charge in [-0.2, -0.15) is 0 Å². The molecule has 3 aliphatic heterocycles. The molecule has 0 aromatic rings. The van der Waals surface area contributed by atoms with Crippen LogP contribution in [0.15, 0.2) is 0 Å². The highest BCUT2D eigenvalue weighted by Gasteiger charge is 2.42. The van der Waals surface area contributed by atoms with Gasteiger partial charge in [-0.15, -0.1) is 0 Å². The van der Waals surface area contributed by atoms with Crippen LogP contribution in [0.1, 0.15) is 32.6 Å². The first-order chi connectivity index (χ1) is 8.67. The zero-order valence-corrected chi connectivity index (χ0v) is 10.9. The number of amides is 1. The third-order valence-corrected chi connectivity index (χ3v) is 4.21. The van der Waals surface area contributed by atoms with Crippen molar-refractivity contribution in [3.63, 3.8) is 0 Å². The molecule has 0 N–H and O–H groups in total. The van der Waals surface area contributed by atoms with E-state index in [1.54, 1.807) is 11.8 Å². The van der Waals surface area contributed by atoms with Crippen molar-refractivity contribution in [2.24, 2.45) is 5.41 Å². The molecule has 1 amide bonds. The van der Waals surface area contributed by atoms with Crippen molar-refractivity contribution in [1.82, 2.24) is 4.90 Å². The molecule has 0 aromatic carbocycles. The molecule has 1 aliphatic carbocycles. The van der Waals surface area contributed by atoms with Gasteiger partial charge >= 0.3 is 6.09 Å². The lowest BCUT2D eigenvalue weighted by molar-refractivity contribution is -0.177. The summed E-state index contributed by atoms with van der Waals surface area (Å²) in [4.78, 5) is 13.1. The van der Waals surface area contributed by atoms with Crippen LogP contribution in [0.5, 0.6) is 0 Å². The molecule has 1 atom stereocenters. The van der Waals surface area contributed by atoms with Crippen LogP contribution >= 0.6 is 0 Å². The maximum Gasteiger partial charge on any atom is 0.412 e. The van der Waals surface area contributed by atoms with Crippen LogP contribution in [0.25, 0.3) is 0 Å². The fourth-order valence-electron chi connectivity index (χ4n) is 2.77. The van der Waals surface area contributed by atoms with E-state index in [0.29, 0.717) is 12.7 Å². The van der Waals surface area contributed by atoms with Gasteiger partial charge in [-0.05, 0) is 32.6 Å². The number of ether oxygens (including phenoxy) is 3. The maximum absolute atomic E-state index is 11.4. The molecule has 2 bridgehead atoms. The van der Waals surface area contributed by atoms with Crippen molar-refractivity contribution >= 4 is 6.09 Å². The molecule has 5 heteroatoms. The summed E-state index contributed by atoms with van der Waals surface area (Å²) in [6.45, 7) is 4.83. The van der Waals surface area contributed by atoms with Gasteiger partial charge in [0.05, 0.1) is 19.3 Å². The van der Waals surface area contributed by atoms with E-state index in [1.165, 1.54) is 12.8 Å². The second-order valence-electron chi connectivity index (χ2n) is 5.76. The number of hydrogen-bond acceptors (Lipinski definition) is 4. The van der Waals surface area contributed by atoms with Crippen molar-refractivity contribution in [1.29, 1.82) is 0 Å². The third kappa shape index (κ3) is 2.62. The first-order valence-electron chi connectivity index (χ1n) is 6.86. The fraction of sp³-hybridized carbons (Fsp3) is 0.923. The number of carbonyl (C=O) groups is 1. The number of rotatable bonds is 4. The van der Waals surface area contributed by atoms with Crippen LogP contribution in [-0.4, -0.2) is 49.7 Å². The molecular weight excluding hydrogens is 234 g/mol. The van der Waals surface area contributed by atoms with Gasteiger partial charge in [0.2, 0.25) is 6.29 Å². The summed E-state index contributed by atoms with van der Waals surface area (Å²) in [5.74, 6) is 0. The topological polar surface area (TPSA) is 47.8 Å². The lowest BCUT2D eigenvalue weighted by Crippen LogP contribution is -2.46. The van der Waals surface area contributed by atoms with Gasteiger partial charge in [0.15, 0.2) is 0 Å². The van der Waals surface area contributed by atoms with E-state index in [2.05, 4.69) is 0 Å². The second-order valence-corrected chi connectivity index (χ2v) is 5.76. The van der Waals surface area contributed by atoms with Crippen LogP contribution < -0.4 is 0 Å².